The molecule has 0 N–H and O–H groups in total. The molecule has 0 heterocycles. The van der Waals surface area contributed by atoms with Gasteiger partial charge in [-0.05, 0) is 15.9 Å². The topological polar surface area (TPSA) is 52.4 Å². The van der Waals surface area contributed by atoms with Gasteiger partial charge in [-0.1, -0.05) is 11.6 Å². The van der Waals surface area contributed by atoms with Crippen LogP contribution in [0.3, 0.4) is 0 Å². The van der Waals surface area contributed by atoms with Gasteiger partial charge in [-0.3, -0.25) is 10.1 Å². The summed E-state index contributed by atoms with van der Waals surface area (Å²) in [5.41, 5.74) is -0.143. The van der Waals surface area contributed by atoms with E-state index in [1.54, 1.807) is 0 Å². The molecule has 0 bridgehead atoms. The monoisotopic (exact) mass is 265 g/mol. The van der Waals surface area contributed by atoms with Crippen LogP contribution < -0.4 is 4.74 Å². The summed E-state index contributed by atoms with van der Waals surface area (Å²) in [4.78, 5) is 9.95. The first kappa shape index (κ1) is 10.3. The van der Waals surface area contributed by atoms with Crippen LogP contribution in [0.2, 0.25) is 5.02 Å². The molecule has 0 atom stereocenters. The van der Waals surface area contributed by atoms with Gasteiger partial charge in [0.2, 0.25) is 0 Å². The molecule has 0 amide bonds. The number of hydrogen-bond acceptors (Lipinski definition) is 3. The van der Waals surface area contributed by atoms with Gasteiger partial charge >= 0.3 is 5.69 Å². The van der Waals surface area contributed by atoms with Crippen molar-refractivity contribution in [3.63, 3.8) is 0 Å². The number of nitro groups is 1. The molecular formula is C7H5BrClNO3. The minimum absolute atomic E-state index is 0.143. The Morgan fingerprint density at radius 2 is 2.23 bits per heavy atom. The fourth-order valence-corrected chi connectivity index (χ4v) is 1.30. The van der Waals surface area contributed by atoms with Gasteiger partial charge in [0.1, 0.15) is 0 Å². The number of nitrogens with zero attached hydrogens (tertiary/aromatic N) is 1. The van der Waals surface area contributed by atoms with E-state index in [0.29, 0.717) is 4.47 Å². The first-order valence-corrected chi connectivity index (χ1v) is 4.40. The maximum Gasteiger partial charge on any atom is 0.312 e. The van der Waals surface area contributed by atoms with E-state index in [1.165, 1.54) is 19.2 Å². The molecule has 13 heavy (non-hydrogen) atoms. The van der Waals surface area contributed by atoms with E-state index in [-0.39, 0.29) is 16.5 Å². The average molecular weight is 266 g/mol. The van der Waals surface area contributed by atoms with E-state index in [9.17, 15) is 10.1 Å². The lowest BCUT2D eigenvalue weighted by Gasteiger charge is -2.02. The maximum absolute atomic E-state index is 10.5. The van der Waals surface area contributed by atoms with Crippen molar-refractivity contribution in [1.82, 2.24) is 0 Å². The number of nitro benzene ring substituents is 1. The van der Waals surface area contributed by atoms with E-state index >= 15 is 0 Å². The third-order valence-electron chi connectivity index (χ3n) is 1.42. The zero-order chi connectivity index (χ0) is 10.0. The number of methoxy groups -OCH3 is 1. The van der Waals surface area contributed by atoms with Crippen LogP contribution in [-0.4, -0.2) is 12.0 Å². The highest BCUT2D eigenvalue weighted by Crippen LogP contribution is 2.35. The molecule has 1 rings (SSSR count). The molecule has 0 saturated heterocycles. The molecule has 4 nitrogen and oxygen atoms in total. The van der Waals surface area contributed by atoms with Crippen LogP contribution in [-0.2, 0) is 0 Å². The Balaban J connectivity index is 3.33. The molecule has 0 aliphatic heterocycles. The van der Waals surface area contributed by atoms with Crippen LogP contribution in [0, 0.1) is 10.1 Å². The Labute approximate surface area is 87.7 Å². The molecule has 0 aliphatic carbocycles. The van der Waals surface area contributed by atoms with E-state index in [0.717, 1.165) is 0 Å². The van der Waals surface area contributed by atoms with E-state index in [2.05, 4.69) is 15.9 Å². The molecule has 1 aromatic carbocycles. The second kappa shape index (κ2) is 3.93. The summed E-state index contributed by atoms with van der Waals surface area (Å²) in [5.74, 6) is 0.182. The summed E-state index contributed by atoms with van der Waals surface area (Å²) in [7, 11) is 1.36. The van der Waals surface area contributed by atoms with Crippen molar-refractivity contribution in [2.45, 2.75) is 0 Å². The summed E-state index contributed by atoms with van der Waals surface area (Å²) in [6, 6.07) is 2.70. The second-order valence-electron chi connectivity index (χ2n) is 2.20. The number of benzene rings is 1. The van der Waals surface area contributed by atoms with Crippen molar-refractivity contribution in [2.24, 2.45) is 0 Å². The predicted molar refractivity (Wildman–Crippen MR) is 52.4 cm³/mol. The number of ether oxygens (including phenoxy) is 1. The minimum atomic E-state index is -0.544. The lowest BCUT2D eigenvalue weighted by Crippen LogP contribution is -1.93. The highest BCUT2D eigenvalue weighted by atomic mass is 79.9. The van der Waals surface area contributed by atoms with Crippen molar-refractivity contribution < 1.29 is 9.66 Å². The van der Waals surface area contributed by atoms with E-state index in [4.69, 9.17) is 16.3 Å². The van der Waals surface area contributed by atoms with Gasteiger partial charge < -0.3 is 4.74 Å². The first-order chi connectivity index (χ1) is 6.06. The first-order valence-electron chi connectivity index (χ1n) is 3.23. The Morgan fingerprint density at radius 1 is 1.62 bits per heavy atom. The standard InChI is InChI=1S/C7H5BrClNO3/c1-13-7-2-4(8)5(9)3-6(7)10(11)12/h2-3H,1H3. The van der Waals surface area contributed by atoms with Crippen molar-refractivity contribution in [2.75, 3.05) is 7.11 Å². The fourth-order valence-electron chi connectivity index (χ4n) is 0.824. The van der Waals surface area contributed by atoms with Crippen molar-refractivity contribution in [3.05, 3.63) is 31.7 Å². The predicted octanol–water partition coefficient (Wildman–Crippen LogP) is 3.02. The Hall–Kier alpha value is -0.810. The molecule has 0 saturated carbocycles. The minimum Gasteiger partial charge on any atom is -0.490 e. The molecule has 0 fully saturated rings. The largest absolute Gasteiger partial charge is 0.490 e. The quantitative estimate of drug-likeness (QED) is 0.611. The smallest absolute Gasteiger partial charge is 0.312 e. The van der Waals surface area contributed by atoms with Crippen molar-refractivity contribution >= 4 is 33.2 Å². The van der Waals surface area contributed by atoms with Crippen LogP contribution in [0.15, 0.2) is 16.6 Å². The lowest BCUT2D eigenvalue weighted by molar-refractivity contribution is -0.385. The zero-order valence-electron chi connectivity index (χ0n) is 6.58. The zero-order valence-corrected chi connectivity index (χ0v) is 8.92. The molecule has 0 aliphatic rings. The van der Waals surface area contributed by atoms with Gasteiger partial charge in [0, 0.05) is 16.6 Å². The Kier molecular flexibility index (Phi) is 3.11. The van der Waals surface area contributed by atoms with Crippen LogP contribution >= 0.6 is 27.5 Å². The highest BCUT2D eigenvalue weighted by Gasteiger charge is 2.16. The van der Waals surface area contributed by atoms with Crippen LogP contribution in [0.25, 0.3) is 0 Å². The second-order valence-corrected chi connectivity index (χ2v) is 3.46. The van der Waals surface area contributed by atoms with E-state index in [1.807, 2.05) is 0 Å². The van der Waals surface area contributed by atoms with Gasteiger partial charge in [0.15, 0.2) is 5.75 Å². The summed E-state index contributed by atoms with van der Waals surface area (Å²) in [6.07, 6.45) is 0. The molecule has 0 spiro atoms. The van der Waals surface area contributed by atoms with Gasteiger partial charge in [-0.15, -0.1) is 0 Å². The Bertz CT molecular complexity index is 356. The van der Waals surface area contributed by atoms with Gasteiger partial charge in [0.25, 0.3) is 0 Å². The molecule has 70 valence electrons. The molecule has 6 heteroatoms. The maximum atomic E-state index is 10.5. The lowest BCUT2D eigenvalue weighted by atomic mass is 10.3. The fraction of sp³-hybridized carbons (Fsp3) is 0.143. The van der Waals surface area contributed by atoms with Crippen LogP contribution in [0.1, 0.15) is 0 Å². The Morgan fingerprint density at radius 3 is 2.69 bits per heavy atom. The van der Waals surface area contributed by atoms with Gasteiger partial charge in [-0.2, -0.15) is 0 Å². The summed E-state index contributed by atoms with van der Waals surface area (Å²) >= 11 is 8.82. The third-order valence-corrected chi connectivity index (χ3v) is 2.62. The van der Waals surface area contributed by atoms with Crippen LogP contribution in [0.5, 0.6) is 5.75 Å². The number of halogens is 2. The SMILES string of the molecule is COc1cc(Br)c(Cl)cc1[N+](=O)[O-]. The molecule has 0 unspecified atom stereocenters. The highest BCUT2D eigenvalue weighted by molar-refractivity contribution is 9.10. The summed E-state index contributed by atoms with van der Waals surface area (Å²) < 4.78 is 5.38. The van der Waals surface area contributed by atoms with E-state index < -0.39 is 4.92 Å². The molecule has 0 aromatic heterocycles. The molecule has 1 aromatic rings. The number of hydrogen-bond donors (Lipinski definition) is 0. The van der Waals surface area contributed by atoms with Crippen LogP contribution in [0.4, 0.5) is 5.69 Å². The normalized spacial score (nSPS) is 9.77. The van der Waals surface area contributed by atoms with Gasteiger partial charge in [0.05, 0.1) is 17.1 Å². The molecular weight excluding hydrogens is 261 g/mol. The summed E-state index contributed by atoms with van der Waals surface area (Å²) in [5, 5.41) is 10.8. The average Bonchev–Trinajstić information content (AvgIpc) is 2.08. The van der Waals surface area contributed by atoms with Gasteiger partial charge in [-0.25, -0.2) is 0 Å². The van der Waals surface area contributed by atoms with Crippen molar-refractivity contribution in [3.8, 4) is 5.75 Å². The summed E-state index contributed by atoms with van der Waals surface area (Å²) in [6.45, 7) is 0. The third kappa shape index (κ3) is 2.10. The number of rotatable bonds is 2. The van der Waals surface area contributed by atoms with Crippen molar-refractivity contribution in [1.29, 1.82) is 0 Å². The molecule has 0 radical (unpaired) electrons.